The van der Waals surface area contributed by atoms with E-state index >= 15 is 0 Å². The molecule has 1 fully saturated rings. The first-order chi connectivity index (χ1) is 8.65. The van der Waals surface area contributed by atoms with E-state index in [1.54, 1.807) is 6.07 Å². The van der Waals surface area contributed by atoms with Gasteiger partial charge in [0.1, 0.15) is 5.76 Å². The van der Waals surface area contributed by atoms with Crippen molar-refractivity contribution in [3.05, 3.63) is 23.7 Å². The van der Waals surface area contributed by atoms with E-state index in [0.717, 1.165) is 25.3 Å². The highest BCUT2D eigenvalue weighted by Gasteiger charge is 2.28. The zero-order chi connectivity index (χ0) is 13.1. The smallest absolute Gasteiger partial charge is 0.373 e. The summed E-state index contributed by atoms with van der Waals surface area (Å²) < 4.78 is 10.1. The van der Waals surface area contributed by atoms with Gasteiger partial charge in [0.25, 0.3) is 0 Å². The van der Waals surface area contributed by atoms with E-state index in [-0.39, 0.29) is 18.4 Å². The van der Waals surface area contributed by atoms with Gasteiger partial charge in [-0.2, -0.15) is 0 Å². The number of rotatable bonds is 4. The maximum Gasteiger partial charge on any atom is 0.373 e. The molecule has 0 aromatic carbocycles. The Labute approximate surface area is 106 Å². The summed E-state index contributed by atoms with van der Waals surface area (Å²) in [5.74, 6) is 0.886. The number of esters is 1. The molecule has 0 amide bonds. The van der Waals surface area contributed by atoms with Crippen LogP contribution in [0.25, 0.3) is 0 Å². The van der Waals surface area contributed by atoms with Gasteiger partial charge in [-0.25, -0.2) is 4.79 Å². The van der Waals surface area contributed by atoms with Crippen LogP contribution in [0, 0.1) is 5.92 Å². The van der Waals surface area contributed by atoms with Crippen molar-refractivity contribution in [2.24, 2.45) is 5.92 Å². The number of methoxy groups -OCH3 is 1. The van der Waals surface area contributed by atoms with Crippen LogP contribution in [0.4, 0.5) is 0 Å². The lowest BCUT2D eigenvalue weighted by atomic mass is 10.1. The maximum atomic E-state index is 11.3. The average Bonchev–Trinajstić information content (AvgIpc) is 3.05. The van der Waals surface area contributed by atoms with Gasteiger partial charge in [-0.15, -0.1) is 0 Å². The number of aliphatic hydroxyl groups is 1. The zero-order valence-electron chi connectivity index (χ0n) is 10.8. The zero-order valence-corrected chi connectivity index (χ0v) is 10.8. The van der Waals surface area contributed by atoms with Crippen LogP contribution in [-0.2, 0) is 4.74 Å². The summed E-state index contributed by atoms with van der Waals surface area (Å²) in [5.41, 5.74) is 0. The Morgan fingerprint density at radius 1 is 1.67 bits per heavy atom. The van der Waals surface area contributed by atoms with E-state index in [4.69, 9.17) is 9.52 Å². The third kappa shape index (κ3) is 2.57. The van der Waals surface area contributed by atoms with Crippen molar-refractivity contribution >= 4 is 5.97 Å². The quantitative estimate of drug-likeness (QED) is 0.823. The molecule has 0 unspecified atom stereocenters. The molecule has 100 valence electrons. The van der Waals surface area contributed by atoms with Crippen molar-refractivity contribution in [2.75, 3.05) is 26.8 Å². The first kappa shape index (κ1) is 13.1. The summed E-state index contributed by atoms with van der Waals surface area (Å²) in [5, 5.41) is 9.13. The van der Waals surface area contributed by atoms with Crippen LogP contribution < -0.4 is 0 Å². The van der Waals surface area contributed by atoms with Gasteiger partial charge < -0.3 is 14.3 Å². The number of carbonyl (C=O) groups excluding carboxylic acids is 1. The Morgan fingerprint density at radius 2 is 2.44 bits per heavy atom. The summed E-state index contributed by atoms with van der Waals surface area (Å²) in [4.78, 5) is 13.6. The summed E-state index contributed by atoms with van der Waals surface area (Å²) in [7, 11) is 1.33. The number of carbonyl (C=O) groups is 1. The molecule has 0 spiro atoms. The van der Waals surface area contributed by atoms with Gasteiger partial charge in [0.15, 0.2) is 0 Å². The SMILES string of the molecule is COC(=O)c1ccc([C@@H](C)N2CC[C@@H](CO)C2)o1. The predicted octanol–water partition coefficient (Wildman–Crippen LogP) is 1.44. The molecule has 1 saturated heterocycles. The molecular weight excluding hydrogens is 234 g/mol. The van der Waals surface area contributed by atoms with Crippen LogP contribution in [0.3, 0.4) is 0 Å². The second-order valence-electron chi connectivity index (χ2n) is 4.70. The van der Waals surface area contributed by atoms with Gasteiger partial charge in [-0.3, -0.25) is 4.90 Å². The molecular formula is C13H19NO4. The first-order valence-electron chi connectivity index (χ1n) is 6.18. The lowest BCUT2D eigenvalue weighted by Gasteiger charge is -2.22. The van der Waals surface area contributed by atoms with Crippen LogP contribution in [0.1, 0.15) is 35.7 Å². The van der Waals surface area contributed by atoms with Crippen molar-refractivity contribution in [3.63, 3.8) is 0 Å². The largest absolute Gasteiger partial charge is 0.463 e. The minimum Gasteiger partial charge on any atom is -0.463 e. The van der Waals surface area contributed by atoms with E-state index < -0.39 is 5.97 Å². The fourth-order valence-corrected chi connectivity index (χ4v) is 2.33. The van der Waals surface area contributed by atoms with Crippen molar-refractivity contribution in [1.82, 2.24) is 4.90 Å². The van der Waals surface area contributed by atoms with Crippen LogP contribution in [-0.4, -0.2) is 42.8 Å². The summed E-state index contributed by atoms with van der Waals surface area (Å²) in [6, 6.07) is 3.56. The number of aliphatic hydroxyl groups excluding tert-OH is 1. The second kappa shape index (κ2) is 5.54. The van der Waals surface area contributed by atoms with Crippen molar-refractivity contribution in [3.8, 4) is 0 Å². The molecule has 1 aliphatic rings. The molecule has 5 heteroatoms. The molecule has 0 aliphatic carbocycles. The number of furan rings is 1. The van der Waals surface area contributed by atoms with Gasteiger partial charge in [0.2, 0.25) is 5.76 Å². The monoisotopic (exact) mass is 253 g/mol. The minimum absolute atomic E-state index is 0.111. The van der Waals surface area contributed by atoms with Crippen LogP contribution in [0.15, 0.2) is 16.5 Å². The molecule has 2 atom stereocenters. The maximum absolute atomic E-state index is 11.3. The summed E-state index contributed by atoms with van der Waals surface area (Å²) >= 11 is 0. The number of likely N-dealkylation sites (tertiary alicyclic amines) is 1. The molecule has 1 aromatic heterocycles. The second-order valence-corrected chi connectivity index (χ2v) is 4.70. The highest BCUT2D eigenvalue weighted by atomic mass is 16.5. The highest BCUT2D eigenvalue weighted by molar-refractivity contribution is 5.86. The molecule has 1 aliphatic heterocycles. The Bertz CT molecular complexity index is 415. The highest BCUT2D eigenvalue weighted by Crippen LogP contribution is 2.28. The first-order valence-corrected chi connectivity index (χ1v) is 6.18. The molecule has 2 heterocycles. The molecule has 1 aromatic rings. The molecule has 0 bridgehead atoms. The predicted molar refractivity (Wildman–Crippen MR) is 65.2 cm³/mol. The molecule has 5 nitrogen and oxygen atoms in total. The van der Waals surface area contributed by atoms with E-state index in [1.165, 1.54) is 7.11 Å². The van der Waals surface area contributed by atoms with Gasteiger partial charge in [0, 0.05) is 13.2 Å². The van der Waals surface area contributed by atoms with Crippen LogP contribution >= 0.6 is 0 Å². The van der Waals surface area contributed by atoms with Gasteiger partial charge in [0.05, 0.1) is 13.2 Å². The van der Waals surface area contributed by atoms with Crippen LogP contribution in [0.5, 0.6) is 0 Å². The Morgan fingerprint density at radius 3 is 3.06 bits per heavy atom. The minimum atomic E-state index is -0.455. The number of nitrogens with zero attached hydrogens (tertiary/aromatic N) is 1. The normalized spacial score (nSPS) is 22.1. The third-order valence-corrected chi connectivity index (χ3v) is 3.55. The van der Waals surface area contributed by atoms with Crippen molar-refractivity contribution in [1.29, 1.82) is 0 Å². The number of ether oxygens (including phenoxy) is 1. The fraction of sp³-hybridized carbons (Fsp3) is 0.615. The summed E-state index contributed by atoms with van der Waals surface area (Å²) in [6.07, 6.45) is 1.01. The average molecular weight is 253 g/mol. The van der Waals surface area contributed by atoms with E-state index in [2.05, 4.69) is 9.64 Å². The lowest BCUT2D eigenvalue weighted by Crippen LogP contribution is -2.24. The van der Waals surface area contributed by atoms with Gasteiger partial charge in [-0.1, -0.05) is 0 Å². The number of hydrogen-bond acceptors (Lipinski definition) is 5. The van der Waals surface area contributed by atoms with Crippen molar-refractivity contribution in [2.45, 2.75) is 19.4 Å². The van der Waals surface area contributed by atoms with Gasteiger partial charge in [-0.05, 0) is 37.9 Å². The Hall–Kier alpha value is -1.33. The molecule has 2 rings (SSSR count). The van der Waals surface area contributed by atoms with Gasteiger partial charge >= 0.3 is 5.97 Å². The van der Waals surface area contributed by atoms with E-state index in [1.807, 2.05) is 13.0 Å². The Kier molecular flexibility index (Phi) is 4.04. The number of hydrogen-bond donors (Lipinski definition) is 1. The Balaban J connectivity index is 2.03. The topological polar surface area (TPSA) is 62.9 Å². The summed E-state index contributed by atoms with van der Waals surface area (Å²) in [6.45, 7) is 4.08. The van der Waals surface area contributed by atoms with E-state index in [0.29, 0.717) is 5.92 Å². The third-order valence-electron chi connectivity index (χ3n) is 3.55. The molecule has 18 heavy (non-hydrogen) atoms. The van der Waals surface area contributed by atoms with Crippen LogP contribution in [0.2, 0.25) is 0 Å². The lowest BCUT2D eigenvalue weighted by molar-refractivity contribution is 0.0559. The molecule has 0 saturated carbocycles. The fourth-order valence-electron chi connectivity index (χ4n) is 2.33. The van der Waals surface area contributed by atoms with Crippen molar-refractivity contribution < 1.29 is 19.1 Å². The molecule has 0 radical (unpaired) electrons. The molecule has 1 N–H and O–H groups in total. The van der Waals surface area contributed by atoms with E-state index in [9.17, 15) is 4.79 Å². The standard InChI is InChI=1S/C13H19NO4/c1-9(14-6-5-10(7-14)8-15)11-3-4-12(18-11)13(16)17-2/h3-4,9-10,15H,5-8H2,1-2H3/t9-,10-/m1/s1.